The summed E-state index contributed by atoms with van der Waals surface area (Å²) in [6, 6.07) is 11.7. The molecule has 3 aromatic carbocycles. The summed E-state index contributed by atoms with van der Waals surface area (Å²) >= 11 is 0. The number of nitrogens with zero attached hydrogens (tertiary/aromatic N) is 8. The number of benzene rings is 3. The Bertz CT molecular complexity index is 3680. The Morgan fingerprint density at radius 2 is 1.53 bits per heavy atom. The van der Waals surface area contributed by atoms with E-state index in [4.69, 9.17) is 33.9 Å². The quantitative estimate of drug-likeness (QED) is 0.0380. The van der Waals surface area contributed by atoms with Crippen LogP contribution in [0, 0.1) is 52.2 Å². The van der Waals surface area contributed by atoms with Gasteiger partial charge in [0.15, 0.2) is 12.6 Å². The number of amides is 4. The molecule has 17 nitrogen and oxygen atoms in total. The van der Waals surface area contributed by atoms with Crippen LogP contribution in [0.3, 0.4) is 0 Å². The molecule has 0 radical (unpaired) electrons. The van der Waals surface area contributed by atoms with Crippen molar-refractivity contribution in [2.75, 3.05) is 102 Å². The second-order valence-corrected chi connectivity index (χ2v) is 35.7. The van der Waals surface area contributed by atoms with E-state index in [9.17, 15) is 19.2 Å². The number of esters is 1. The highest BCUT2D eigenvalue weighted by Crippen LogP contribution is 2.50. The lowest BCUT2D eigenvalue weighted by atomic mass is 9.65. The number of anilines is 2. The number of piperidine rings is 2. The maximum atomic E-state index is 18.3. The van der Waals surface area contributed by atoms with E-state index in [0.29, 0.717) is 99.6 Å². The number of ether oxygens (including phenoxy) is 4. The number of nitrogens with one attached hydrogen (secondary N) is 1. The van der Waals surface area contributed by atoms with Gasteiger partial charge in [-0.3, -0.25) is 29.6 Å². The second-order valence-electron chi connectivity index (χ2n) is 30.1. The molecule has 4 aliphatic heterocycles. The van der Waals surface area contributed by atoms with Crippen LogP contribution in [0.5, 0.6) is 11.8 Å². The second kappa shape index (κ2) is 27.1. The van der Waals surface area contributed by atoms with Crippen LogP contribution in [0.2, 0.25) is 16.6 Å². The van der Waals surface area contributed by atoms with E-state index in [1.807, 2.05) is 56.6 Å². The monoisotopic (exact) mass is 1290 g/mol. The minimum atomic E-state index is -2.36. The Morgan fingerprint density at radius 1 is 0.828 bits per heavy atom. The number of hydrogen-bond acceptors (Lipinski definition) is 14. The lowest BCUT2D eigenvalue weighted by Crippen LogP contribution is -2.50. The smallest absolute Gasteiger partial charge is 0.328 e. The Kier molecular flexibility index (Phi) is 19.7. The molecule has 2 aromatic heterocycles. The third-order valence-corrected chi connectivity index (χ3v) is 27.8. The van der Waals surface area contributed by atoms with Crippen molar-refractivity contribution < 1.29 is 46.9 Å². The van der Waals surface area contributed by atoms with E-state index >= 15 is 8.78 Å². The summed E-state index contributed by atoms with van der Waals surface area (Å²) in [6.07, 6.45) is 11.8. The predicted octanol–water partition coefficient (Wildman–Crippen LogP) is 13.3. The van der Waals surface area contributed by atoms with Crippen LogP contribution in [0.4, 0.5) is 25.1 Å². The van der Waals surface area contributed by atoms with Crippen LogP contribution in [-0.2, 0) is 19.1 Å². The number of rotatable bonds is 18. The lowest BCUT2D eigenvalue weighted by molar-refractivity contribution is -0.167. The molecule has 1 spiro atoms. The fourth-order valence-corrected chi connectivity index (χ4v) is 21.1. The Balaban J connectivity index is 0.783. The van der Waals surface area contributed by atoms with Crippen molar-refractivity contribution in [3.05, 3.63) is 77.0 Å². The van der Waals surface area contributed by atoms with Gasteiger partial charge in [-0.15, -0.1) is 5.54 Å². The van der Waals surface area contributed by atoms with E-state index in [-0.39, 0.29) is 71.2 Å². The number of carbonyl (C=O) groups excluding carboxylic acids is 4. The molecule has 6 aliphatic rings. The third kappa shape index (κ3) is 14.4. The van der Waals surface area contributed by atoms with Crippen LogP contribution in [0.25, 0.3) is 32.9 Å². The van der Waals surface area contributed by atoms with Gasteiger partial charge in [0.05, 0.1) is 23.0 Å². The van der Waals surface area contributed by atoms with Gasteiger partial charge in [0.1, 0.15) is 42.3 Å². The number of methoxy groups -OCH3 is 1. The molecule has 5 aromatic rings. The number of aromatic nitrogens is 3. The number of urea groups is 1. The van der Waals surface area contributed by atoms with Crippen molar-refractivity contribution in [2.24, 2.45) is 22.2 Å². The number of piperazine rings is 1. The van der Waals surface area contributed by atoms with E-state index in [0.717, 1.165) is 83.6 Å². The summed E-state index contributed by atoms with van der Waals surface area (Å²) in [7, 11) is -0.836. The maximum absolute atomic E-state index is 18.3. The SMILES string of the molecule is COCOc1cc(-c2ncc3c(N4CCCC(C)(C(=O)OC(C)(C)C)C4)nc(OCC4(CN5CCN(CC6CCC7(CC6)CCN(C(=O)c6ccc(C)c(N8CCC(=O)NC8=O)c6)CC7)CC5)CC4)nc3c2F)c2c(C#C[Si](C(C)C)(C(C)C)C(C)C)c(F)ccc2c1. The highest BCUT2D eigenvalue weighted by atomic mass is 28.3. The van der Waals surface area contributed by atoms with Crippen LogP contribution in [-0.4, -0.2) is 160 Å². The molecule has 1 unspecified atom stereocenters. The number of carbonyl (C=O) groups is 4. The van der Waals surface area contributed by atoms with Crippen molar-refractivity contribution >= 4 is 65.1 Å². The minimum Gasteiger partial charge on any atom is -0.468 e. The topological polar surface area (TPSA) is 172 Å². The van der Waals surface area contributed by atoms with E-state index in [2.05, 4.69) is 68.1 Å². The summed E-state index contributed by atoms with van der Waals surface area (Å²) in [5.41, 5.74) is 5.66. The predicted molar refractivity (Wildman–Crippen MR) is 362 cm³/mol. The summed E-state index contributed by atoms with van der Waals surface area (Å²) in [4.78, 5) is 77.9. The molecule has 0 bridgehead atoms. The fourth-order valence-electron chi connectivity index (χ4n) is 15.9. The first-order chi connectivity index (χ1) is 44.2. The van der Waals surface area contributed by atoms with E-state index in [1.54, 1.807) is 35.4 Å². The lowest BCUT2D eigenvalue weighted by Gasteiger charge is -2.47. The normalized spacial score (nSPS) is 20.8. The molecule has 2 saturated carbocycles. The molecule has 11 rings (SSSR count). The first-order valence-corrected chi connectivity index (χ1v) is 36.3. The molecule has 500 valence electrons. The van der Waals surface area contributed by atoms with E-state index in [1.165, 1.54) is 38.9 Å². The molecule has 6 heterocycles. The Hall–Kier alpha value is -6.79. The number of imide groups is 1. The number of halogens is 2. The van der Waals surface area contributed by atoms with Crippen molar-refractivity contribution in [2.45, 2.75) is 169 Å². The van der Waals surface area contributed by atoms with Gasteiger partial charge >= 0.3 is 18.0 Å². The molecule has 1 N–H and O–H groups in total. The fraction of sp³-hybridized carbons (Fsp3) is 0.603. The molecular weight excluding hydrogens is 1200 g/mol. The molecule has 1 atom stereocenters. The van der Waals surface area contributed by atoms with Crippen molar-refractivity contribution in [3.63, 3.8) is 0 Å². The van der Waals surface area contributed by atoms with Gasteiger partial charge in [-0.25, -0.2) is 13.6 Å². The van der Waals surface area contributed by atoms with Crippen molar-refractivity contribution in [1.29, 1.82) is 0 Å². The average molecular weight is 1290 g/mol. The van der Waals surface area contributed by atoms with Gasteiger partial charge in [-0.2, -0.15) is 9.97 Å². The van der Waals surface area contributed by atoms with Gasteiger partial charge in [0, 0.05) is 119 Å². The number of hydrogen-bond donors (Lipinski definition) is 1. The zero-order valence-electron chi connectivity index (χ0n) is 57.0. The minimum absolute atomic E-state index is 0.00848. The maximum Gasteiger partial charge on any atom is 0.328 e. The zero-order valence-corrected chi connectivity index (χ0v) is 58.0. The van der Waals surface area contributed by atoms with Gasteiger partial charge in [0.2, 0.25) is 5.91 Å². The molecule has 20 heteroatoms. The molecule has 4 saturated heterocycles. The number of likely N-dealkylation sites (tertiary alicyclic amines) is 1. The van der Waals surface area contributed by atoms with Crippen LogP contribution >= 0.6 is 0 Å². The number of pyridine rings is 1. The molecular formula is C73H97F2N9O8Si. The van der Waals surface area contributed by atoms with Crippen molar-refractivity contribution in [1.82, 2.24) is 35.0 Å². The molecule has 6 fully saturated rings. The van der Waals surface area contributed by atoms with Gasteiger partial charge in [-0.1, -0.05) is 59.6 Å². The number of fused-ring (bicyclic) bond motifs is 2. The van der Waals surface area contributed by atoms with Crippen LogP contribution in [0.1, 0.15) is 161 Å². The Labute approximate surface area is 549 Å². The van der Waals surface area contributed by atoms with Gasteiger partial charge < -0.3 is 38.5 Å². The zero-order chi connectivity index (χ0) is 66.4. The van der Waals surface area contributed by atoms with Crippen LogP contribution in [0.15, 0.2) is 48.7 Å². The first kappa shape index (κ1) is 67.6. The summed E-state index contributed by atoms with van der Waals surface area (Å²) < 4.78 is 58.9. The van der Waals surface area contributed by atoms with Gasteiger partial charge in [0.25, 0.3) is 5.91 Å². The summed E-state index contributed by atoms with van der Waals surface area (Å²) in [6.45, 7) is 31.4. The largest absolute Gasteiger partial charge is 0.468 e. The highest BCUT2D eigenvalue weighted by Gasteiger charge is 2.47. The van der Waals surface area contributed by atoms with E-state index < -0.39 is 36.8 Å². The number of aryl methyl sites for hydroxylation is 1. The standard InChI is InChI=1S/C73H97F2N9O8Si/c1-47(2)93(48(3)4,49(5)6)37-21-55-58(74)17-16-52-38-54(91-46-89-12)40-56(61(52)55)63-62(75)64-57(41-76-63)65(83-29-13-22-71(11,43-83)67(87)92-70(8,9)10)79-68(78-64)90-45-73(25-26-73)44-81-35-33-80(34-36-81)42-51-18-23-72(24-19-51)27-31-82(32-28-72)66(86)53-15-14-50(7)59(39-53)84-30-20-60(85)77-69(84)88/h14-17,38-41,47-49,51H,13,18-20,22-36,42-46H2,1-12H3,(H,77,85,88). The average Bonchev–Trinajstić information content (AvgIpc) is 1.68. The molecule has 2 aliphatic carbocycles. The van der Waals surface area contributed by atoms with Crippen molar-refractivity contribution in [3.8, 4) is 34.5 Å². The third-order valence-electron chi connectivity index (χ3n) is 21.5. The van der Waals surface area contributed by atoms with Gasteiger partial charge in [-0.05, 0) is 168 Å². The first-order valence-electron chi connectivity index (χ1n) is 34.1. The van der Waals surface area contributed by atoms with Crippen LogP contribution < -0.4 is 24.6 Å². The summed E-state index contributed by atoms with van der Waals surface area (Å²) in [5, 5.41) is 3.76. The molecule has 4 amide bonds. The highest BCUT2D eigenvalue weighted by molar-refractivity contribution is 6.90. The molecule has 93 heavy (non-hydrogen) atoms. The summed E-state index contributed by atoms with van der Waals surface area (Å²) in [5.74, 6) is 2.96. The Morgan fingerprint density at radius 3 is 2.18 bits per heavy atom.